The van der Waals surface area contributed by atoms with Crippen molar-refractivity contribution in [3.8, 4) is 0 Å². The van der Waals surface area contributed by atoms with E-state index in [4.69, 9.17) is 5.11 Å². The van der Waals surface area contributed by atoms with Crippen molar-refractivity contribution in [2.45, 2.75) is 6.54 Å². The molecule has 0 atom stereocenters. The Balaban J connectivity index is 1.67. The van der Waals surface area contributed by atoms with Crippen LogP contribution >= 0.6 is 0 Å². The van der Waals surface area contributed by atoms with Crippen LogP contribution < -0.4 is 10.6 Å². The molecular formula is C11H18N6O3. The van der Waals surface area contributed by atoms with E-state index in [1.54, 1.807) is 0 Å². The number of nitrogens with one attached hydrogen (secondary N) is 2. The van der Waals surface area contributed by atoms with Gasteiger partial charge in [0.2, 0.25) is 5.91 Å². The van der Waals surface area contributed by atoms with Crippen molar-refractivity contribution in [3.05, 3.63) is 11.9 Å². The Morgan fingerprint density at radius 1 is 1.40 bits per heavy atom. The standard InChI is InChI=1S/C11H18N6O3/c18-10(8-17-7-9(11(19)20)14-15-17)13-3-6-16-4-1-12-2-5-16/h7,12H,1-6,8H2,(H,13,18)(H,19,20). The summed E-state index contributed by atoms with van der Waals surface area (Å²) in [5.74, 6) is -1.36. The summed E-state index contributed by atoms with van der Waals surface area (Å²) in [5, 5.41) is 21.8. The second-order valence-electron chi connectivity index (χ2n) is 4.55. The van der Waals surface area contributed by atoms with E-state index in [-0.39, 0.29) is 18.1 Å². The van der Waals surface area contributed by atoms with E-state index in [1.165, 1.54) is 10.9 Å². The minimum absolute atomic E-state index is 0.0260. The summed E-state index contributed by atoms with van der Waals surface area (Å²) >= 11 is 0. The number of carbonyl (C=O) groups is 2. The highest BCUT2D eigenvalue weighted by molar-refractivity contribution is 5.84. The third kappa shape index (κ3) is 4.28. The average molecular weight is 282 g/mol. The summed E-state index contributed by atoms with van der Waals surface area (Å²) in [6.45, 7) is 5.28. The van der Waals surface area contributed by atoms with E-state index in [1.807, 2.05) is 0 Å². The van der Waals surface area contributed by atoms with Crippen LogP contribution in [0.1, 0.15) is 10.5 Å². The predicted molar refractivity (Wildman–Crippen MR) is 69.3 cm³/mol. The summed E-state index contributed by atoms with van der Waals surface area (Å²) in [6, 6.07) is 0. The Hall–Kier alpha value is -2.00. The molecule has 20 heavy (non-hydrogen) atoms. The fraction of sp³-hybridized carbons (Fsp3) is 0.636. The molecule has 2 heterocycles. The van der Waals surface area contributed by atoms with Crippen molar-refractivity contribution >= 4 is 11.9 Å². The quantitative estimate of drug-likeness (QED) is 0.553. The fourth-order valence-corrected chi connectivity index (χ4v) is 1.96. The van der Waals surface area contributed by atoms with Crippen molar-refractivity contribution < 1.29 is 14.7 Å². The Kier molecular flexibility index (Phi) is 5.02. The van der Waals surface area contributed by atoms with Gasteiger partial charge in [-0.2, -0.15) is 0 Å². The molecule has 9 nitrogen and oxygen atoms in total. The molecule has 0 spiro atoms. The lowest BCUT2D eigenvalue weighted by Gasteiger charge is -2.27. The third-order valence-electron chi connectivity index (χ3n) is 3.02. The molecule has 2 rings (SSSR count). The van der Waals surface area contributed by atoms with E-state index in [0.29, 0.717) is 6.54 Å². The lowest BCUT2D eigenvalue weighted by Crippen LogP contribution is -2.46. The normalized spacial score (nSPS) is 16.0. The van der Waals surface area contributed by atoms with Gasteiger partial charge in [0, 0.05) is 39.3 Å². The van der Waals surface area contributed by atoms with Gasteiger partial charge in [0.15, 0.2) is 5.69 Å². The minimum atomic E-state index is -1.16. The first kappa shape index (κ1) is 14.4. The maximum atomic E-state index is 11.7. The van der Waals surface area contributed by atoms with Crippen molar-refractivity contribution in [3.63, 3.8) is 0 Å². The van der Waals surface area contributed by atoms with E-state index >= 15 is 0 Å². The average Bonchev–Trinajstić information content (AvgIpc) is 2.88. The number of carboxylic acid groups (broad SMARTS) is 1. The highest BCUT2D eigenvalue weighted by Gasteiger charge is 2.12. The number of hydrogen-bond donors (Lipinski definition) is 3. The number of aromatic nitrogens is 3. The van der Waals surface area contributed by atoms with Gasteiger partial charge in [0.25, 0.3) is 0 Å². The Morgan fingerprint density at radius 2 is 2.15 bits per heavy atom. The Bertz CT molecular complexity index is 468. The number of carbonyl (C=O) groups excluding carboxylic acids is 1. The maximum Gasteiger partial charge on any atom is 0.358 e. The second kappa shape index (κ2) is 6.96. The van der Waals surface area contributed by atoms with Crippen LogP contribution in [0.2, 0.25) is 0 Å². The van der Waals surface area contributed by atoms with Crippen LogP contribution in [0.25, 0.3) is 0 Å². The number of nitrogens with zero attached hydrogens (tertiary/aromatic N) is 4. The van der Waals surface area contributed by atoms with Gasteiger partial charge in [0.05, 0.1) is 6.20 Å². The van der Waals surface area contributed by atoms with Gasteiger partial charge < -0.3 is 15.7 Å². The Labute approximate surface area is 115 Å². The SMILES string of the molecule is O=C(Cn1cc(C(=O)O)nn1)NCCN1CCNCC1. The molecule has 1 aliphatic heterocycles. The van der Waals surface area contributed by atoms with Crippen LogP contribution in [-0.2, 0) is 11.3 Å². The summed E-state index contributed by atoms with van der Waals surface area (Å²) in [6.07, 6.45) is 1.23. The maximum absolute atomic E-state index is 11.7. The number of aromatic carboxylic acids is 1. The monoisotopic (exact) mass is 282 g/mol. The molecule has 1 fully saturated rings. The number of rotatable bonds is 6. The smallest absolute Gasteiger partial charge is 0.358 e. The molecule has 3 N–H and O–H groups in total. The van der Waals surface area contributed by atoms with Gasteiger partial charge in [-0.1, -0.05) is 5.21 Å². The number of amides is 1. The zero-order chi connectivity index (χ0) is 14.4. The Morgan fingerprint density at radius 3 is 2.80 bits per heavy atom. The van der Waals surface area contributed by atoms with Gasteiger partial charge in [-0.3, -0.25) is 9.69 Å². The summed E-state index contributed by atoms with van der Waals surface area (Å²) in [4.78, 5) is 24.5. The first-order valence-corrected chi connectivity index (χ1v) is 6.48. The van der Waals surface area contributed by atoms with Gasteiger partial charge >= 0.3 is 5.97 Å². The first-order valence-electron chi connectivity index (χ1n) is 6.48. The molecule has 9 heteroatoms. The van der Waals surface area contributed by atoms with E-state index in [2.05, 4.69) is 25.8 Å². The van der Waals surface area contributed by atoms with Gasteiger partial charge in [-0.15, -0.1) is 5.10 Å². The molecular weight excluding hydrogens is 264 g/mol. The molecule has 110 valence electrons. The molecule has 1 amide bonds. The number of carboxylic acids is 1. The van der Waals surface area contributed by atoms with Crippen molar-refractivity contribution in [1.82, 2.24) is 30.5 Å². The molecule has 1 aromatic rings. The van der Waals surface area contributed by atoms with Gasteiger partial charge in [0.1, 0.15) is 6.54 Å². The van der Waals surface area contributed by atoms with Crippen LogP contribution in [-0.4, -0.2) is 76.1 Å². The topological polar surface area (TPSA) is 112 Å². The highest BCUT2D eigenvalue weighted by Crippen LogP contribution is 1.93. The van der Waals surface area contributed by atoms with Gasteiger partial charge in [-0.25, -0.2) is 9.48 Å². The zero-order valence-corrected chi connectivity index (χ0v) is 11.1. The van der Waals surface area contributed by atoms with Crippen molar-refractivity contribution in [2.75, 3.05) is 39.3 Å². The summed E-state index contributed by atoms with van der Waals surface area (Å²) in [5.41, 5.74) is -0.168. The van der Waals surface area contributed by atoms with Gasteiger partial charge in [-0.05, 0) is 0 Å². The molecule has 0 saturated carbocycles. The second-order valence-corrected chi connectivity index (χ2v) is 4.55. The molecule has 1 aliphatic rings. The molecule has 0 unspecified atom stereocenters. The summed E-state index contributed by atoms with van der Waals surface area (Å²) in [7, 11) is 0. The molecule has 1 saturated heterocycles. The van der Waals surface area contributed by atoms with Crippen molar-refractivity contribution in [1.29, 1.82) is 0 Å². The largest absolute Gasteiger partial charge is 0.476 e. The molecule has 0 bridgehead atoms. The number of piperazine rings is 1. The van der Waals surface area contributed by atoms with E-state index in [9.17, 15) is 9.59 Å². The minimum Gasteiger partial charge on any atom is -0.476 e. The van der Waals surface area contributed by atoms with Crippen LogP contribution in [0.5, 0.6) is 0 Å². The third-order valence-corrected chi connectivity index (χ3v) is 3.02. The fourth-order valence-electron chi connectivity index (χ4n) is 1.96. The molecule has 0 aliphatic carbocycles. The van der Waals surface area contributed by atoms with Crippen LogP contribution in [0.3, 0.4) is 0 Å². The van der Waals surface area contributed by atoms with E-state index < -0.39 is 5.97 Å². The predicted octanol–water partition coefficient (Wildman–Crippen LogP) is -2.00. The van der Waals surface area contributed by atoms with Crippen LogP contribution in [0.15, 0.2) is 6.20 Å². The number of hydrogen-bond acceptors (Lipinski definition) is 6. The lowest BCUT2D eigenvalue weighted by atomic mass is 10.3. The van der Waals surface area contributed by atoms with Crippen molar-refractivity contribution in [2.24, 2.45) is 0 Å². The molecule has 1 aromatic heterocycles. The molecule has 0 radical (unpaired) electrons. The lowest BCUT2D eigenvalue weighted by molar-refractivity contribution is -0.121. The van der Waals surface area contributed by atoms with E-state index in [0.717, 1.165) is 32.7 Å². The highest BCUT2D eigenvalue weighted by atomic mass is 16.4. The molecule has 0 aromatic carbocycles. The first-order chi connectivity index (χ1) is 9.65. The zero-order valence-electron chi connectivity index (χ0n) is 11.1. The van der Waals surface area contributed by atoms with Crippen LogP contribution in [0, 0.1) is 0 Å². The summed E-state index contributed by atoms with van der Waals surface area (Å²) < 4.78 is 1.21. The van der Waals surface area contributed by atoms with Crippen LogP contribution in [0.4, 0.5) is 0 Å².